The van der Waals surface area contributed by atoms with Gasteiger partial charge in [0.05, 0.1) is 5.57 Å². The maximum absolute atomic E-state index is 10.7. The van der Waals surface area contributed by atoms with Crippen LogP contribution in [0, 0.1) is 5.21 Å². The summed E-state index contributed by atoms with van der Waals surface area (Å²) in [5, 5.41) is 10.7. The Balaban J connectivity index is 2.46. The van der Waals surface area contributed by atoms with E-state index in [4.69, 9.17) is 0 Å². The highest BCUT2D eigenvalue weighted by atomic mass is 16.5. The van der Waals surface area contributed by atoms with E-state index in [-0.39, 0.29) is 0 Å². The minimum atomic E-state index is 0.844. The van der Waals surface area contributed by atoms with Crippen molar-refractivity contribution in [3.05, 3.63) is 40.8 Å². The van der Waals surface area contributed by atoms with E-state index in [2.05, 4.69) is 0 Å². The zero-order valence-electron chi connectivity index (χ0n) is 5.45. The van der Waals surface area contributed by atoms with Crippen molar-refractivity contribution in [3.8, 4) is 0 Å². The predicted octanol–water partition coefficient (Wildman–Crippen LogP) is 1.35. The molecule has 0 N–H and O–H groups in total. The molecule has 0 spiro atoms. The number of nitrogens with zero attached hydrogens (tertiary/aromatic N) is 1. The third-order valence-corrected chi connectivity index (χ3v) is 1.64. The van der Waals surface area contributed by atoms with Crippen LogP contribution in [0.15, 0.2) is 35.6 Å². The van der Waals surface area contributed by atoms with Gasteiger partial charge in [0.25, 0.3) is 0 Å². The molecule has 0 atom stereocenters. The van der Waals surface area contributed by atoms with Gasteiger partial charge in [-0.15, -0.1) is 0 Å². The molecule has 0 aromatic heterocycles. The van der Waals surface area contributed by atoms with Crippen LogP contribution >= 0.6 is 0 Å². The first-order chi connectivity index (χ1) is 4.86. The van der Waals surface area contributed by atoms with E-state index in [9.17, 15) is 5.21 Å². The number of rotatable bonds is 0. The average molecular weight is 133 g/mol. The van der Waals surface area contributed by atoms with Gasteiger partial charge in [-0.1, -0.05) is 18.2 Å². The van der Waals surface area contributed by atoms with Crippen molar-refractivity contribution in [2.45, 2.75) is 6.42 Å². The van der Waals surface area contributed by atoms with Gasteiger partial charge >= 0.3 is 0 Å². The molecular formula is C8H7NO. The van der Waals surface area contributed by atoms with Gasteiger partial charge in [0.2, 0.25) is 0 Å². The van der Waals surface area contributed by atoms with E-state index < -0.39 is 0 Å². The molecular weight excluding hydrogens is 126 g/mol. The Hall–Kier alpha value is -1.31. The quantitative estimate of drug-likeness (QED) is 0.362. The lowest BCUT2D eigenvalue weighted by atomic mass is 10.0. The molecule has 0 radical (unpaired) electrons. The Labute approximate surface area is 59.1 Å². The topological polar surface area (TPSA) is 26.1 Å². The third kappa shape index (κ3) is 0.692. The Kier molecular flexibility index (Phi) is 1.01. The molecule has 0 aromatic rings. The molecule has 0 bridgehead atoms. The third-order valence-electron chi connectivity index (χ3n) is 1.64. The van der Waals surface area contributed by atoms with Gasteiger partial charge in [0.1, 0.15) is 0 Å². The molecule has 0 unspecified atom stereocenters. The molecule has 1 heterocycles. The first-order valence-electron chi connectivity index (χ1n) is 3.25. The zero-order valence-corrected chi connectivity index (χ0v) is 5.45. The van der Waals surface area contributed by atoms with E-state index in [0.29, 0.717) is 0 Å². The summed E-state index contributed by atoms with van der Waals surface area (Å²) in [4.78, 5) is 0. The molecule has 2 nitrogen and oxygen atoms in total. The number of hydrogen-bond acceptors (Lipinski definition) is 1. The van der Waals surface area contributed by atoms with Crippen molar-refractivity contribution >= 4 is 6.21 Å². The second-order valence-electron chi connectivity index (χ2n) is 2.37. The van der Waals surface area contributed by atoms with Gasteiger partial charge in [-0.2, -0.15) is 4.74 Å². The Morgan fingerprint density at radius 2 is 2.30 bits per heavy atom. The van der Waals surface area contributed by atoms with Crippen molar-refractivity contribution in [1.82, 2.24) is 0 Å². The highest BCUT2D eigenvalue weighted by molar-refractivity contribution is 5.85. The first kappa shape index (κ1) is 5.47. The van der Waals surface area contributed by atoms with Crippen LogP contribution in [0.2, 0.25) is 0 Å². The largest absolute Gasteiger partial charge is 0.619 e. The average Bonchev–Trinajstić information content (AvgIpc) is 2.27. The van der Waals surface area contributed by atoms with Crippen molar-refractivity contribution in [1.29, 1.82) is 0 Å². The fourth-order valence-electron chi connectivity index (χ4n) is 1.16. The molecule has 2 heteroatoms. The lowest BCUT2D eigenvalue weighted by Gasteiger charge is -1.96. The van der Waals surface area contributed by atoms with Crippen molar-refractivity contribution in [3.63, 3.8) is 0 Å². The zero-order chi connectivity index (χ0) is 6.97. The summed E-state index contributed by atoms with van der Waals surface area (Å²) in [6.45, 7) is 0. The fourth-order valence-corrected chi connectivity index (χ4v) is 1.16. The summed E-state index contributed by atoms with van der Waals surface area (Å²) in [5.74, 6) is 0. The van der Waals surface area contributed by atoms with E-state index in [1.54, 1.807) is 12.4 Å². The number of hydroxylamine groups is 1. The predicted molar refractivity (Wildman–Crippen MR) is 39.6 cm³/mol. The summed E-state index contributed by atoms with van der Waals surface area (Å²) < 4.78 is 0.844. The number of fused-ring (bicyclic) bond motifs is 1. The highest BCUT2D eigenvalue weighted by Gasteiger charge is 2.14. The van der Waals surface area contributed by atoms with Crippen LogP contribution in [-0.2, 0) is 0 Å². The summed E-state index contributed by atoms with van der Waals surface area (Å²) in [5.41, 5.74) is 2.08. The molecule has 50 valence electrons. The normalized spacial score (nSPS) is 21.4. The Morgan fingerprint density at radius 1 is 1.40 bits per heavy atom. The lowest BCUT2D eigenvalue weighted by molar-refractivity contribution is -0.369. The van der Waals surface area contributed by atoms with Crippen LogP contribution < -0.4 is 0 Å². The van der Waals surface area contributed by atoms with Crippen LogP contribution in [0.25, 0.3) is 0 Å². The summed E-state index contributed by atoms with van der Waals surface area (Å²) in [7, 11) is 0. The fraction of sp³-hybridized carbons (Fsp3) is 0.125. The van der Waals surface area contributed by atoms with Crippen molar-refractivity contribution in [2.24, 2.45) is 0 Å². The van der Waals surface area contributed by atoms with E-state index in [0.717, 1.165) is 22.3 Å². The molecule has 2 aliphatic rings. The van der Waals surface area contributed by atoms with Crippen LogP contribution in [0.3, 0.4) is 0 Å². The standard InChI is InChI=1S/C8H7NO/c10-9-5-7-3-1-2-4-8(7)6-9/h1,3-6H,2H2. The van der Waals surface area contributed by atoms with E-state index in [1.807, 2.05) is 18.2 Å². The van der Waals surface area contributed by atoms with Crippen molar-refractivity contribution in [2.75, 3.05) is 0 Å². The van der Waals surface area contributed by atoms with Gasteiger partial charge in [0.15, 0.2) is 12.4 Å². The van der Waals surface area contributed by atoms with Gasteiger partial charge in [0, 0.05) is 5.57 Å². The second-order valence-corrected chi connectivity index (χ2v) is 2.37. The summed E-state index contributed by atoms with van der Waals surface area (Å²) in [6, 6.07) is 0. The molecule has 2 rings (SSSR count). The highest BCUT2D eigenvalue weighted by Crippen LogP contribution is 2.19. The first-order valence-corrected chi connectivity index (χ1v) is 3.25. The Bertz CT molecular complexity index is 282. The minimum absolute atomic E-state index is 0.844. The Morgan fingerprint density at radius 3 is 3.10 bits per heavy atom. The smallest absolute Gasteiger partial charge is 0.188 e. The van der Waals surface area contributed by atoms with Crippen molar-refractivity contribution < 1.29 is 4.74 Å². The molecule has 0 aromatic carbocycles. The SMILES string of the molecule is [O-][N+]1=CC2=CCC=CC2=C1. The molecule has 1 aliphatic carbocycles. The van der Waals surface area contributed by atoms with Gasteiger partial charge < -0.3 is 5.21 Å². The van der Waals surface area contributed by atoms with E-state index >= 15 is 0 Å². The van der Waals surface area contributed by atoms with Gasteiger partial charge in [-0.25, -0.2) is 0 Å². The van der Waals surface area contributed by atoms with Crippen LogP contribution in [0.4, 0.5) is 0 Å². The lowest BCUT2D eigenvalue weighted by Crippen LogP contribution is -1.89. The van der Waals surface area contributed by atoms with Gasteiger partial charge in [-0.05, 0) is 6.42 Å². The van der Waals surface area contributed by atoms with Crippen LogP contribution in [-0.4, -0.2) is 11.0 Å². The summed E-state index contributed by atoms with van der Waals surface area (Å²) in [6.07, 6.45) is 10.2. The monoisotopic (exact) mass is 133 g/mol. The number of hydrogen-bond donors (Lipinski definition) is 0. The maximum atomic E-state index is 10.7. The summed E-state index contributed by atoms with van der Waals surface area (Å²) >= 11 is 0. The molecule has 0 amide bonds. The van der Waals surface area contributed by atoms with Gasteiger partial charge in [-0.3, -0.25) is 0 Å². The molecule has 10 heavy (non-hydrogen) atoms. The molecule has 1 aliphatic heterocycles. The molecule has 0 fully saturated rings. The number of allylic oxidation sites excluding steroid dienone is 5. The van der Waals surface area contributed by atoms with Crippen LogP contribution in [0.1, 0.15) is 6.42 Å². The van der Waals surface area contributed by atoms with E-state index in [1.165, 1.54) is 0 Å². The minimum Gasteiger partial charge on any atom is -0.619 e. The van der Waals surface area contributed by atoms with Crippen LogP contribution in [0.5, 0.6) is 0 Å². The molecule has 0 saturated carbocycles. The second kappa shape index (κ2) is 1.84. The maximum Gasteiger partial charge on any atom is 0.188 e. The molecule has 0 saturated heterocycles.